The molecule has 0 aliphatic rings. The quantitative estimate of drug-likeness (QED) is 0.468. The summed E-state index contributed by atoms with van der Waals surface area (Å²) in [6.45, 7) is -0.778. The first-order chi connectivity index (χ1) is 6.07. The zero-order valence-corrected chi connectivity index (χ0v) is 6.71. The van der Waals surface area contributed by atoms with Gasteiger partial charge in [-0.25, -0.2) is 4.79 Å². The van der Waals surface area contributed by atoms with Gasteiger partial charge >= 0.3 is 5.97 Å². The van der Waals surface area contributed by atoms with Crippen LogP contribution in [0.2, 0.25) is 0 Å². The first-order valence-corrected chi connectivity index (χ1v) is 3.37. The summed E-state index contributed by atoms with van der Waals surface area (Å²) in [6.07, 6.45) is 0. The van der Waals surface area contributed by atoms with Crippen LogP contribution < -0.4 is 0 Å². The molecule has 5 heteroatoms. The maximum absolute atomic E-state index is 9.12. The van der Waals surface area contributed by atoms with Crippen molar-refractivity contribution in [3.63, 3.8) is 0 Å². The number of aromatic hydroxyl groups is 2. The summed E-state index contributed by atoms with van der Waals surface area (Å²) in [4.78, 5) is 9.12. The van der Waals surface area contributed by atoms with Crippen molar-refractivity contribution in [2.45, 2.75) is 0 Å². The molecule has 4 N–H and O–H groups in total. The van der Waals surface area contributed by atoms with Gasteiger partial charge in [-0.1, -0.05) is 12.1 Å². The number of phenols is 2. The number of aliphatic hydroxyl groups excluding tert-OH is 1. The molecule has 0 amide bonds. The van der Waals surface area contributed by atoms with E-state index < -0.39 is 12.6 Å². The highest BCUT2D eigenvalue weighted by molar-refractivity contribution is 5.67. The number of hydrogen-bond acceptors (Lipinski definition) is 4. The normalized spacial score (nSPS) is 8.38. The molecule has 0 aliphatic carbocycles. The molecule has 0 aliphatic heterocycles. The van der Waals surface area contributed by atoms with Gasteiger partial charge in [0, 0.05) is 0 Å². The van der Waals surface area contributed by atoms with E-state index in [1.54, 1.807) is 12.1 Å². The SMILES string of the molecule is O=C(O)CO.Oc1ccccc1O. The van der Waals surface area contributed by atoms with Crippen molar-refractivity contribution in [2.75, 3.05) is 6.61 Å². The predicted octanol–water partition coefficient (Wildman–Crippen LogP) is 0.161. The van der Waals surface area contributed by atoms with Gasteiger partial charge in [-0.05, 0) is 12.1 Å². The molecule has 0 saturated carbocycles. The van der Waals surface area contributed by atoms with Crippen LogP contribution in [0.4, 0.5) is 0 Å². The molecule has 0 heterocycles. The third-order valence-electron chi connectivity index (χ3n) is 1.02. The molecule has 0 spiro atoms. The summed E-state index contributed by atoms with van der Waals surface area (Å²) in [6, 6.07) is 6.15. The van der Waals surface area contributed by atoms with Crippen molar-refractivity contribution >= 4 is 5.97 Å². The minimum Gasteiger partial charge on any atom is -0.504 e. The fraction of sp³-hybridized carbons (Fsp3) is 0.125. The lowest BCUT2D eigenvalue weighted by atomic mass is 10.3. The van der Waals surface area contributed by atoms with Crippen LogP contribution in [0.1, 0.15) is 0 Å². The van der Waals surface area contributed by atoms with E-state index in [2.05, 4.69) is 0 Å². The highest BCUT2D eigenvalue weighted by atomic mass is 16.4. The fourth-order valence-corrected chi connectivity index (χ4v) is 0.464. The largest absolute Gasteiger partial charge is 0.504 e. The van der Waals surface area contributed by atoms with Crippen molar-refractivity contribution in [2.24, 2.45) is 0 Å². The third kappa shape index (κ3) is 5.51. The Labute approximate surface area is 74.5 Å². The van der Waals surface area contributed by atoms with Crippen LogP contribution >= 0.6 is 0 Å². The van der Waals surface area contributed by atoms with Gasteiger partial charge in [-0.3, -0.25) is 0 Å². The lowest BCUT2D eigenvalue weighted by Crippen LogP contribution is -1.98. The van der Waals surface area contributed by atoms with Crippen LogP contribution in [0.25, 0.3) is 0 Å². The molecule has 0 bridgehead atoms. The molecule has 0 unspecified atom stereocenters. The molecule has 0 radical (unpaired) electrons. The maximum atomic E-state index is 9.12. The van der Waals surface area contributed by atoms with Gasteiger partial charge in [0.1, 0.15) is 6.61 Å². The average Bonchev–Trinajstić information content (AvgIpc) is 2.11. The third-order valence-corrected chi connectivity index (χ3v) is 1.02. The molecule has 0 fully saturated rings. The van der Waals surface area contributed by atoms with E-state index in [4.69, 9.17) is 25.2 Å². The first kappa shape index (κ1) is 11.2. The smallest absolute Gasteiger partial charge is 0.329 e. The second kappa shape index (κ2) is 5.84. The van der Waals surface area contributed by atoms with Crippen LogP contribution in [0.3, 0.4) is 0 Å². The Balaban J connectivity index is 0.000000252. The molecule has 0 atom stereocenters. The number of hydrogen-bond donors (Lipinski definition) is 4. The van der Waals surface area contributed by atoms with E-state index in [1.165, 1.54) is 12.1 Å². The van der Waals surface area contributed by atoms with Gasteiger partial charge in [0.05, 0.1) is 0 Å². The topological polar surface area (TPSA) is 98.0 Å². The summed E-state index contributed by atoms with van der Waals surface area (Å²) in [5, 5.41) is 32.4. The van der Waals surface area contributed by atoms with Crippen molar-refractivity contribution in [1.29, 1.82) is 0 Å². The van der Waals surface area contributed by atoms with Gasteiger partial charge in [0.2, 0.25) is 0 Å². The van der Waals surface area contributed by atoms with Crippen LogP contribution in [0.15, 0.2) is 24.3 Å². The van der Waals surface area contributed by atoms with Crippen LogP contribution in [-0.2, 0) is 4.79 Å². The Morgan fingerprint density at radius 1 is 1.15 bits per heavy atom. The molecule has 72 valence electrons. The number of benzene rings is 1. The molecule has 1 aromatic carbocycles. The Morgan fingerprint density at radius 2 is 1.46 bits per heavy atom. The standard InChI is InChI=1S/C6H6O2.C2H4O3/c7-5-3-1-2-4-6(5)8;3-1-2(4)5/h1-4,7-8H;3H,1H2,(H,4,5). The van der Waals surface area contributed by atoms with Gasteiger partial charge < -0.3 is 20.4 Å². The van der Waals surface area contributed by atoms with E-state index in [0.29, 0.717) is 0 Å². The number of phenolic OH excluding ortho intramolecular Hbond substituents is 2. The predicted molar refractivity (Wildman–Crippen MR) is 44.5 cm³/mol. The van der Waals surface area contributed by atoms with Crippen molar-refractivity contribution in [1.82, 2.24) is 0 Å². The van der Waals surface area contributed by atoms with Crippen molar-refractivity contribution in [3.8, 4) is 11.5 Å². The molecule has 0 saturated heterocycles. The highest BCUT2D eigenvalue weighted by Crippen LogP contribution is 2.21. The number of carbonyl (C=O) groups is 1. The molecule has 0 aromatic heterocycles. The molecule has 1 rings (SSSR count). The van der Waals surface area contributed by atoms with E-state index in [0.717, 1.165) is 0 Å². The number of carboxylic acids is 1. The van der Waals surface area contributed by atoms with Gasteiger partial charge in [-0.2, -0.15) is 0 Å². The summed E-state index contributed by atoms with van der Waals surface area (Å²) >= 11 is 0. The van der Waals surface area contributed by atoms with E-state index in [-0.39, 0.29) is 11.5 Å². The van der Waals surface area contributed by atoms with Gasteiger partial charge in [0.15, 0.2) is 11.5 Å². The van der Waals surface area contributed by atoms with E-state index in [1.807, 2.05) is 0 Å². The van der Waals surface area contributed by atoms with Crippen molar-refractivity contribution in [3.05, 3.63) is 24.3 Å². The Morgan fingerprint density at radius 3 is 1.62 bits per heavy atom. The number of carboxylic acid groups (broad SMARTS) is 1. The van der Waals surface area contributed by atoms with Gasteiger partial charge in [0.25, 0.3) is 0 Å². The summed E-state index contributed by atoms with van der Waals surface area (Å²) in [5.41, 5.74) is 0. The Kier molecular flexibility index (Phi) is 5.06. The van der Waals surface area contributed by atoms with E-state index in [9.17, 15) is 0 Å². The fourth-order valence-electron chi connectivity index (χ4n) is 0.464. The first-order valence-electron chi connectivity index (χ1n) is 3.37. The number of aliphatic carboxylic acids is 1. The molecule has 1 aromatic rings. The van der Waals surface area contributed by atoms with Crippen LogP contribution in [-0.4, -0.2) is 33.0 Å². The van der Waals surface area contributed by atoms with Gasteiger partial charge in [-0.15, -0.1) is 0 Å². The summed E-state index contributed by atoms with van der Waals surface area (Å²) < 4.78 is 0. The lowest BCUT2D eigenvalue weighted by molar-refractivity contribution is -0.140. The lowest BCUT2D eigenvalue weighted by Gasteiger charge is -1.91. The number of aliphatic hydroxyl groups is 1. The van der Waals surface area contributed by atoms with Crippen LogP contribution in [0, 0.1) is 0 Å². The molecular formula is C8H10O5. The molecule has 13 heavy (non-hydrogen) atoms. The number of rotatable bonds is 1. The Hall–Kier alpha value is -1.75. The molecular weight excluding hydrogens is 176 g/mol. The second-order valence-corrected chi connectivity index (χ2v) is 2.04. The summed E-state index contributed by atoms with van der Waals surface area (Å²) in [7, 11) is 0. The minimum absolute atomic E-state index is 0.0764. The second-order valence-electron chi connectivity index (χ2n) is 2.04. The van der Waals surface area contributed by atoms with Crippen LogP contribution in [0.5, 0.6) is 11.5 Å². The highest BCUT2D eigenvalue weighted by Gasteiger charge is 1.90. The Bertz CT molecular complexity index is 250. The maximum Gasteiger partial charge on any atom is 0.329 e. The van der Waals surface area contributed by atoms with E-state index >= 15 is 0 Å². The van der Waals surface area contributed by atoms with Crippen molar-refractivity contribution < 1.29 is 25.2 Å². The number of para-hydroxylation sites is 2. The zero-order chi connectivity index (χ0) is 10.3. The monoisotopic (exact) mass is 186 g/mol. The average molecular weight is 186 g/mol. The molecule has 5 nitrogen and oxygen atoms in total. The minimum atomic E-state index is -1.19. The zero-order valence-electron chi connectivity index (χ0n) is 6.71. The summed E-state index contributed by atoms with van der Waals surface area (Å²) in [5.74, 6) is -1.34.